The lowest BCUT2D eigenvalue weighted by Crippen LogP contribution is -2.10. The summed E-state index contributed by atoms with van der Waals surface area (Å²) < 4.78 is 8.81. The first-order valence-corrected chi connectivity index (χ1v) is 17.4. The Labute approximate surface area is 293 Å². The maximum atomic E-state index is 6.43. The van der Waals surface area contributed by atoms with Gasteiger partial charge in [-0.15, -0.1) is 0 Å². The van der Waals surface area contributed by atoms with Crippen molar-refractivity contribution in [2.24, 2.45) is 0 Å². The Bertz CT molecular complexity index is 3150. The Morgan fingerprint density at radius 2 is 0.922 bits per heavy atom. The van der Waals surface area contributed by atoms with Gasteiger partial charge in [0.1, 0.15) is 11.2 Å². The van der Waals surface area contributed by atoms with Gasteiger partial charge in [-0.3, -0.25) is 0 Å². The van der Waals surface area contributed by atoms with Gasteiger partial charge in [0.25, 0.3) is 0 Å². The van der Waals surface area contributed by atoms with Crippen LogP contribution in [0.25, 0.3) is 81.7 Å². The van der Waals surface area contributed by atoms with Gasteiger partial charge in [0, 0.05) is 50.4 Å². The van der Waals surface area contributed by atoms with Crippen molar-refractivity contribution in [2.75, 3.05) is 4.90 Å². The predicted molar refractivity (Wildman–Crippen MR) is 215 cm³/mol. The molecule has 238 valence electrons. The molecule has 0 amide bonds. The van der Waals surface area contributed by atoms with Gasteiger partial charge in [-0.1, -0.05) is 115 Å². The van der Waals surface area contributed by atoms with Crippen LogP contribution in [0, 0.1) is 0 Å². The van der Waals surface area contributed by atoms with Crippen LogP contribution >= 0.6 is 0 Å². The molecule has 0 atom stereocenters. The third-order valence-electron chi connectivity index (χ3n) is 10.5. The van der Waals surface area contributed by atoms with Gasteiger partial charge in [-0.05, 0) is 93.0 Å². The number of furan rings is 1. The van der Waals surface area contributed by atoms with Gasteiger partial charge in [0.15, 0.2) is 0 Å². The molecule has 3 nitrogen and oxygen atoms in total. The van der Waals surface area contributed by atoms with E-state index in [2.05, 4.69) is 179 Å². The van der Waals surface area contributed by atoms with Gasteiger partial charge >= 0.3 is 0 Å². The van der Waals surface area contributed by atoms with Crippen molar-refractivity contribution in [3.63, 3.8) is 0 Å². The molecular weight excluding hydrogens is 621 g/mol. The van der Waals surface area contributed by atoms with Crippen LogP contribution in [0.4, 0.5) is 17.1 Å². The number of hydrogen-bond donors (Lipinski definition) is 0. The topological polar surface area (TPSA) is 21.3 Å². The van der Waals surface area contributed by atoms with Crippen molar-refractivity contribution in [3.05, 3.63) is 182 Å². The highest BCUT2D eigenvalue weighted by molar-refractivity contribution is 6.20. The van der Waals surface area contributed by atoms with Crippen LogP contribution in [-0.2, 0) is 0 Å². The second kappa shape index (κ2) is 10.8. The summed E-state index contributed by atoms with van der Waals surface area (Å²) in [4.78, 5) is 2.37. The van der Waals surface area contributed by atoms with E-state index in [4.69, 9.17) is 4.42 Å². The molecule has 0 aliphatic rings. The fourth-order valence-corrected chi connectivity index (χ4v) is 8.22. The van der Waals surface area contributed by atoms with Gasteiger partial charge in [-0.25, -0.2) is 0 Å². The Morgan fingerprint density at radius 3 is 1.78 bits per heavy atom. The minimum Gasteiger partial charge on any atom is -0.456 e. The quantitative estimate of drug-likeness (QED) is 0.177. The van der Waals surface area contributed by atoms with Crippen molar-refractivity contribution in [2.45, 2.75) is 0 Å². The number of benzene rings is 9. The maximum absolute atomic E-state index is 6.43. The molecule has 9 aromatic carbocycles. The first kappa shape index (κ1) is 28.0. The van der Waals surface area contributed by atoms with E-state index >= 15 is 0 Å². The monoisotopic (exact) mass is 650 g/mol. The van der Waals surface area contributed by atoms with Crippen LogP contribution in [0.5, 0.6) is 0 Å². The van der Waals surface area contributed by atoms with Crippen molar-refractivity contribution in [3.8, 4) is 5.69 Å². The molecule has 3 heteroatoms. The number of hydrogen-bond acceptors (Lipinski definition) is 2. The molecule has 51 heavy (non-hydrogen) atoms. The molecule has 0 unspecified atom stereocenters. The third kappa shape index (κ3) is 4.25. The van der Waals surface area contributed by atoms with E-state index in [1.54, 1.807) is 0 Å². The van der Waals surface area contributed by atoms with Gasteiger partial charge in [-0.2, -0.15) is 0 Å². The maximum Gasteiger partial charge on any atom is 0.137 e. The van der Waals surface area contributed by atoms with Crippen LogP contribution in [0.2, 0.25) is 0 Å². The van der Waals surface area contributed by atoms with Crippen molar-refractivity contribution >= 4 is 93.1 Å². The fourth-order valence-electron chi connectivity index (χ4n) is 8.22. The zero-order valence-corrected chi connectivity index (χ0v) is 27.6. The molecule has 0 saturated heterocycles. The van der Waals surface area contributed by atoms with E-state index in [1.807, 2.05) is 12.1 Å². The van der Waals surface area contributed by atoms with Crippen molar-refractivity contribution < 1.29 is 4.42 Å². The summed E-state index contributed by atoms with van der Waals surface area (Å²) in [5.74, 6) is 0. The first-order valence-electron chi connectivity index (χ1n) is 17.4. The fraction of sp³-hybridized carbons (Fsp3) is 0. The molecule has 0 saturated carbocycles. The lowest BCUT2D eigenvalue weighted by Gasteiger charge is -2.26. The number of aromatic nitrogens is 1. The van der Waals surface area contributed by atoms with Gasteiger partial charge in [0.05, 0.1) is 11.0 Å². The standard InChI is InChI=1S/C48H30N2O/c1-2-11-34(12-3-1)50-44-16-8-6-14-40(44)41-26-23-36(29-45(41)50)49(37-24-27-43-42-15-7-9-17-46(42)51-47(43)30-37)35-22-25-39-33(28-35)21-20-32-19-18-31-10-4-5-13-38(31)48(32)39/h1-30H. The lowest BCUT2D eigenvalue weighted by molar-refractivity contribution is 0.669. The smallest absolute Gasteiger partial charge is 0.137 e. The number of nitrogens with zero attached hydrogens (tertiary/aromatic N) is 2. The highest BCUT2D eigenvalue weighted by Gasteiger charge is 2.19. The SMILES string of the molecule is c1ccc(-n2c3ccccc3c3ccc(N(c4ccc5c(ccc6ccc7ccccc7c65)c4)c4ccc5c(c4)oc4ccccc45)cc32)cc1. The lowest BCUT2D eigenvalue weighted by atomic mass is 9.96. The molecule has 0 radical (unpaired) electrons. The Balaban J connectivity index is 1.18. The van der Waals surface area contributed by atoms with Gasteiger partial charge in [0.2, 0.25) is 0 Å². The molecule has 0 spiro atoms. The average Bonchev–Trinajstić information content (AvgIpc) is 3.73. The summed E-state index contributed by atoms with van der Waals surface area (Å²) in [6, 6.07) is 65.6. The van der Waals surface area contributed by atoms with Crippen molar-refractivity contribution in [1.82, 2.24) is 4.57 Å². The summed E-state index contributed by atoms with van der Waals surface area (Å²) in [5.41, 5.74) is 8.45. The van der Waals surface area contributed by atoms with Crippen LogP contribution in [0.15, 0.2) is 186 Å². The van der Waals surface area contributed by atoms with E-state index in [0.717, 1.165) is 50.2 Å². The number of para-hydroxylation sites is 3. The number of anilines is 3. The molecule has 11 rings (SSSR count). The van der Waals surface area contributed by atoms with Crippen LogP contribution in [0.3, 0.4) is 0 Å². The minimum absolute atomic E-state index is 0.872. The minimum atomic E-state index is 0.872. The number of fused-ring (bicyclic) bond motifs is 11. The van der Waals surface area contributed by atoms with Crippen LogP contribution in [-0.4, -0.2) is 4.57 Å². The molecule has 0 aliphatic carbocycles. The molecule has 11 aromatic rings. The summed E-state index contributed by atoms with van der Waals surface area (Å²) in [6.45, 7) is 0. The predicted octanol–water partition coefficient (Wildman–Crippen LogP) is 13.6. The van der Waals surface area contributed by atoms with Crippen LogP contribution < -0.4 is 4.90 Å². The summed E-state index contributed by atoms with van der Waals surface area (Å²) >= 11 is 0. The molecular formula is C48H30N2O. The normalized spacial score (nSPS) is 11.9. The molecule has 0 aliphatic heterocycles. The first-order chi connectivity index (χ1) is 25.3. The molecule has 2 aromatic heterocycles. The molecule has 0 N–H and O–H groups in total. The molecule has 2 heterocycles. The highest BCUT2D eigenvalue weighted by Crippen LogP contribution is 2.43. The Kier molecular flexibility index (Phi) is 5.96. The Hall–Kier alpha value is -6.84. The average molecular weight is 651 g/mol. The van der Waals surface area contributed by atoms with E-state index in [-0.39, 0.29) is 0 Å². The van der Waals surface area contributed by atoms with E-state index in [9.17, 15) is 0 Å². The third-order valence-corrected chi connectivity index (χ3v) is 10.5. The zero-order valence-electron chi connectivity index (χ0n) is 27.6. The zero-order chi connectivity index (χ0) is 33.5. The van der Waals surface area contributed by atoms with Gasteiger partial charge < -0.3 is 13.9 Å². The largest absolute Gasteiger partial charge is 0.456 e. The van der Waals surface area contributed by atoms with E-state index in [1.165, 1.54) is 48.6 Å². The summed E-state index contributed by atoms with van der Waals surface area (Å²) in [7, 11) is 0. The molecule has 0 fully saturated rings. The second-order valence-electron chi connectivity index (χ2n) is 13.4. The highest BCUT2D eigenvalue weighted by atomic mass is 16.3. The van der Waals surface area contributed by atoms with E-state index in [0.29, 0.717) is 0 Å². The van der Waals surface area contributed by atoms with Crippen LogP contribution in [0.1, 0.15) is 0 Å². The number of rotatable bonds is 4. The van der Waals surface area contributed by atoms with E-state index < -0.39 is 0 Å². The second-order valence-corrected chi connectivity index (χ2v) is 13.4. The summed E-state index contributed by atoms with van der Waals surface area (Å²) in [5, 5.41) is 12.2. The Morgan fingerprint density at radius 1 is 0.353 bits per heavy atom. The molecule has 0 bridgehead atoms. The summed E-state index contributed by atoms with van der Waals surface area (Å²) in [6.07, 6.45) is 0. The van der Waals surface area contributed by atoms with Crippen molar-refractivity contribution in [1.29, 1.82) is 0 Å².